The van der Waals surface area contributed by atoms with Gasteiger partial charge < -0.3 is 9.47 Å². The third-order valence-corrected chi connectivity index (χ3v) is 2.22. The van der Waals surface area contributed by atoms with Crippen molar-refractivity contribution >= 4 is 23.3 Å². The van der Waals surface area contributed by atoms with E-state index in [4.69, 9.17) is 16.3 Å². The molecule has 0 aliphatic heterocycles. The first kappa shape index (κ1) is 13.2. The number of nitrogens with zero attached hydrogens (tertiary/aromatic N) is 1. The fourth-order valence-electron chi connectivity index (χ4n) is 1.08. The van der Waals surface area contributed by atoms with Crippen LogP contribution in [-0.4, -0.2) is 24.6 Å². The van der Waals surface area contributed by atoms with Crippen LogP contribution in [0.5, 0.6) is 5.75 Å². The lowest BCUT2D eigenvalue weighted by molar-refractivity contribution is -0.384. The van der Waals surface area contributed by atoms with Gasteiger partial charge in [0.25, 0.3) is 5.69 Å². The Labute approximate surface area is 102 Å². The zero-order valence-corrected chi connectivity index (χ0v) is 9.77. The molecule has 0 amide bonds. The molecular formula is C10H10ClNO5. The van der Waals surface area contributed by atoms with Crippen LogP contribution >= 0.6 is 11.6 Å². The molecule has 1 rings (SSSR count). The molecule has 0 spiro atoms. The van der Waals surface area contributed by atoms with E-state index in [-0.39, 0.29) is 23.7 Å². The smallest absolute Gasteiger partial charge is 0.308 e. The molecule has 0 aliphatic rings. The molecule has 17 heavy (non-hydrogen) atoms. The van der Waals surface area contributed by atoms with E-state index in [1.807, 2.05) is 0 Å². The van der Waals surface area contributed by atoms with Crippen molar-refractivity contribution in [2.24, 2.45) is 0 Å². The number of hydrogen-bond acceptors (Lipinski definition) is 5. The average molecular weight is 260 g/mol. The summed E-state index contributed by atoms with van der Waals surface area (Å²) in [6, 6.07) is 3.99. The summed E-state index contributed by atoms with van der Waals surface area (Å²) in [6.07, 6.45) is 0.102. The van der Waals surface area contributed by atoms with E-state index >= 15 is 0 Å². The number of carbonyl (C=O) groups is 1. The highest BCUT2D eigenvalue weighted by molar-refractivity contribution is 6.32. The van der Waals surface area contributed by atoms with Gasteiger partial charge in [0, 0.05) is 12.1 Å². The summed E-state index contributed by atoms with van der Waals surface area (Å²) in [5, 5.41) is 10.5. The summed E-state index contributed by atoms with van der Waals surface area (Å²) in [5.41, 5.74) is -0.188. The number of carbonyl (C=O) groups excluding carboxylic acids is 1. The molecule has 92 valence electrons. The van der Waals surface area contributed by atoms with Crippen LogP contribution in [-0.2, 0) is 9.53 Å². The molecule has 1 aromatic carbocycles. The monoisotopic (exact) mass is 259 g/mol. The third-order valence-electron chi connectivity index (χ3n) is 1.92. The normalized spacial score (nSPS) is 9.76. The Morgan fingerprint density at radius 2 is 2.24 bits per heavy atom. The molecule has 0 radical (unpaired) electrons. The van der Waals surface area contributed by atoms with E-state index in [2.05, 4.69) is 4.74 Å². The molecule has 0 N–H and O–H groups in total. The number of methoxy groups -OCH3 is 1. The minimum absolute atomic E-state index is 0.00873. The molecule has 0 aromatic heterocycles. The van der Waals surface area contributed by atoms with E-state index in [9.17, 15) is 14.9 Å². The summed E-state index contributed by atoms with van der Waals surface area (Å²) >= 11 is 5.68. The van der Waals surface area contributed by atoms with Gasteiger partial charge in [-0.05, 0) is 6.07 Å². The molecular weight excluding hydrogens is 250 g/mol. The Hall–Kier alpha value is -1.82. The maximum absolute atomic E-state index is 10.8. The Bertz CT molecular complexity index is 435. The molecule has 0 atom stereocenters. The van der Waals surface area contributed by atoms with Crippen LogP contribution in [0.4, 0.5) is 5.69 Å². The number of halogens is 1. The van der Waals surface area contributed by atoms with Crippen molar-refractivity contribution < 1.29 is 19.2 Å². The number of rotatable bonds is 5. The number of benzene rings is 1. The minimum atomic E-state index is -0.583. The summed E-state index contributed by atoms with van der Waals surface area (Å²) in [4.78, 5) is 20.7. The van der Waals surface area contributed by atoms with Crippen molar-refractivity contribution in [3.8, 4) is 5.75 Å². The van der Waals surface area contributed by atoms with Crippen LogP contribution < -0.4 is 4.74 Å². The molecule has 0 aliphatic carbocycles. The summed E-state index contributed by atoms with van der Waals surface area (Å²) in [6.45, 7) is 0.126. The maximum atomic E-state index is 10.8. The second-order valence-corrected chi connectivity index (χ2v) is 3.45. The van der Waals surface area contributed by atoms with E-state index in [1.54, 1.807) is 0 Å². The van der Waals surface area contributed by atoms with Gasteiger partial charge in [-0.3, -0.25) is 14.9 Å². The predicted molar refractivity (Wildman–Crippen MR) is 60.2 cm³/mol. The van der Waals surface area contributed by atoms with Gasteiger partial charge in [0.2, 0.25) is 0 Å². The Morgan fingerprint density at radius 1 is 1.53 bits per heavy atom. The highest BCUT2D eigenvalue weighted by Gasteiger charge is 2.12. The van der Waals surface area contributed by atoms with Crippen molar-refractivity contribution in [3.05, 3.63) is 33.3 Å². The molecule has 1 aromatic rings. The van der Waals surface area contributed by atoms with E-state index in [0.29, 0.717) is 5.75 Å². The van der Waals surface area contributed by atoms with Crippen molar-refractivity contribution in [2.45, 2.75) is 6.42 Å². The first-order valence-corrected chi connectivity index (χ1v) is 5.06. The van der Waals surface area contributed by atoms with Gasteiger partial charge in [-0.2, -0.15) is 0 Å². The van der Waals surface area contributed by atoms with Crippen LogP contribution in [0, 0.1) is 10.1 Å². The van der Waals surface area contributed by atoms with Crippen LogP contribution in [0.25, 0.3) is 0 Å². The van der Waals surface area contributed by atoms with Crippen LogP contribution in [0.3, 0.4) is 0 Å². The number of nitro benzene ring substituents is 1. The van der Waals surface area contributed by atoms with E-state index < -0.39 is 10.9 Å². The molecule has 0 saturated carbocycles. The first-order chi connectivity index (χ1) is 8.04. The topological polar surface area (TPSA) is 78.7 Å². The molecule has 0 fully saturated rings. The summed E-state index contributed by atoms with van der Waals surface area (Å²) < 4.78 is 9.61. The molecule has 6 nitrogen and oxygen atoms in total. The molecule has 0 heterocycles. The number of esters is 1. The lowest BCUT2D eigenvalue weighted by atomic mass is 10.3. The predicted octanol–water partition coefficient (Wildman–Crippen LogP) is 2.19. The largest absolute Gasteiger partial charge is 0.493 e. The molecule has 0 bridgehead atoms. The molecule has 0 saturated heterocycles. The van der Waals surface area contributed by atoms with Gasteiger partial charge in [0.05, 0.1) is 25.1 Å². The summed E-state index contributed by atoms with van der Waals surface area (Å²) in [5.74, 6) is -0.0255. The SMILES string of the molecule is COC(=O)CCOc1ccc([N+](=O)[O-])c(Cl)c1. The van der Waals surface area contributed by atoms with Crippen LogP contribution in [0.1, 0.15) is 6.42 Å². The lowest BCUT2D eigenvalue weighted by Gasteiger charge is -2.05. The fraction of sp³-hybridized carbons (Fsp3) is 0.300. The van der Waals surface area contributed by atoms with E-state index in [1.165, 1.54) is 25.3 Å². The van der Waals surface area contributed by atoms with Crippen molar-refractivity contribution in [2.75, 3.05) is 13.7 Å². The second-order valence-electron chi connectivity index (χ2n) is 3.04. The number of ether oxygens (including phenoxy) is 2. The van der Waals surface area contributed by atoms with Crippen molar-refractivity contribution in [3.63, 3.8) is 0 Å². The quantitative estimate of drug-likeness (QED) is 0.460. The Morgan fingerprint density at radius 3 is 2.76 bits per heavy atom. The third kappa shape index (κ3) is 3.92. The first-order valence-electron chi connectivity index (χ1n) is 4.68. The standard InChI is InChI=1S/C10H10ClNO5/c1-16-10(13)4-5-17-7-2-3-9(12(14)15)8(11)6-7/h2-3,6H,4-5H2,1H3. The highest BCUT2D eigenvalue weighted by atomic mass is 35.5. The Balaban J connectivity index is 2.59. The lowest BCUT2D eigenvalue weighted by Crippen LogP contribution is -2.07. The highest BCUT2D eigenvalue weighted by Crippen LogP contribution is 2.28. The van der Waals surface area contributed by atoms with E-state index in [0.717, 1.165) is 0 Å². The van der Waals surface area contributed by atoms with Gasteiger partial charge in [-0.25, -0.2) is 0 Å². The maximum Gasteiger partial charge on any atom is 0.308 e. The average Bonchev–Trinajstić information content (AvgIpc) is 2.28. The van der Waals surface area contributed by atoms with Crippen LogP contribution in [0.15, 0.2) is 18.2 Å². The van der Waals surface area contributed by atoms with Gasteiger partial charge in [0.15, 0.2) is 0 Å². The number of hydrogen-bond donors (Lipinski definition) is 0. The van der Waals surface area contributed by atoms with Gasteiger partial charge in [-0.1, -0.05) is 11.6 Å². The zero-order chi connectivity index (χ0) is 12.8. The molecule has 7 heteroatoms. The second kappa shape index (κ2) is 6.05. The van der Waals surface area contributed by atoms with Gasteiger partial charge >= 0.3 is 5.97 Å². The van der Waals surface area contributed by atoms with Crippen molar-refractivity contribution in [1.29, 1.82) is 0 Å². The number of nitro groups is 1. The Kier molecular flexibility index (Phi) is 4.71. The minimum Gasteiger partial charge on any atom is -0.493 e. The zero-order valence-electron chi connectivity index (χ0n) is 9.01. The summed E-state index contributed by atoms with van der Waals surface area (Å²) in [7, 11) is 1.28. The fourth-order valence-corrected chi connectivity index (χ4v) is 1.32. The van der Waals surface area contributed by atoms with Crippen LogP contribution in [0.2, 0.25) is 5.02 Å². The van der Waals surface area contributed by atoms with Crippen molar-refractivity contribution in [1.82, 2.24) is 0 Å². The van der Waals surface area contributed by atoms with Gasteiger partial charge in [0.1, 0.15) is 10.8 Å². The van der Waals surface area contributed by atoms with Gasteiger partial charge in [-0.15, -0.1) is 0 Å². The molecule has 0 unspecified atom stereocenters.